The lowest BCUT2D eigenvalue weighted by Gasteiger charge is -2.11. The van der Waals surface area contributed by atoms with E-state index in [2.05, 4.69) is 26.0 Å². The topological polar surface area (TPSA) is 81.7 Å². The number of ether oxygens (including phenoxy) is 2. The van der Waals surface area contributed by atoms with Gasteiger partial charge < -0.3 is 14.8 Å². The Bertz CT molecular complexity index is 1200. The molecule has 0 heterocycles. The number of amides is 1. The van der Waals surface area contributed by atoms with Crippen molar-refractivity contribution in [2.45, 2.75) is 11.3 Å². The molecule has 0 saturated heterocycles. The van der Waals surface area contributed by atoms with E-state index in [9.17, 15) is 27.6 Å². The van der Waals surface area contributed by atoms with Crippen molar-refractivity contribution in [3.8, 4) is 5.75 Å². The van der Waals surface area contributed by atoms with Crippen LogP contribution in [-0.2, 0) is 9.53 Å². The van der Waals surface area contributed by atoms with Crippen LogP contribution in [-0.4, -0.2) is 36.4 Å². The number of alkyl halides is 3. The number of rotatable bonds is 9. The summed E-state index contributed by atoms with van der Waals surface area (Å²) in [5.74, 6) is -1.99. The van der Waals surface area contributed by atoms with E-state index < -0.39 is 30.6 Å². The average Bonchev–Trinajstić information content (AvgIpc) is 2.82. The minimum Gasteiger partial charge on any atom is -0.454 e. The molecule has 3 rings (SSSR count). The summed E-state index contributed by atoms with van der Waals surface area (Å²) in [6.07, 6.45) is -4.80. The van der Waals surface area contributed by atoms with Gasteiger partial charge in [-0.2, -0.15) is 0 Å². The van der Waals surface area contributed by atoms with E-state index in [1.807, 2.05) is 0 Å². The second-order valence-electron chi connectivity index (χ2n) is 6.91. The standard InChI is InChI=1S/C24H17BrF3NO5S/c25-16-7-5-15(6-8-16)20(30)13-33-23(32)19-3-1-2-4-21(19)35-14-22(31)29-17-9-11-18(12-10-17)34-24(26,27)28/h1-12H,13-14H2,(H,29,31). The van der Waals surface area contributed by atoms with Crippen molar-refractivity contribution >= 4 is 51.0 Å². The summed E-state index contributed by atoms with van der Waals surface area (Å²) in [6, 6.07) is 17.8. The van der Waals surface area contributed by atoms with Gasteiger partial charge >= 0.3 is 12.3 Å². The molecule has 0 aromatic heterocycles. The van der Waals surface area contributed by atoms with E-state index >= 15 is 0 Å². The first-order chi connectivity index (χ1) is 16.6. The van der Waals surface area contributed by atoms with Gasteiger partial charge in [0.05, 0.1) is 11.3 Å². The number of Topliss-reactive ketones (excluding diaryl/α,β-unsaturated/α-hetero) is 1. The molecule has 0 fully saturated rings. The third-order valence-corrected chi connectivity index (χ3v) is 5.94. The Balaban J connectivity index is 1.54. The van der Waals surface area contributed by atoms with E-state index in [-0.39, 0.29) is 22.8 Å². The predicted octanol–water partition coefficient (Wildman–Crippen LogP) is 6.12. The van der Waals surface area contributed by atoms with E-state index in [1.165, 1.54) is 18.2 Å². The molecular weight excluding hydrogens is 551 g/mol. The summed E-state index contributed by atoms with van der Waals surface area (Å²) in [7, 11) is 0. The van der Waals surface area contributed by atoms with Crippen molar-refractivity contribution in [3.63, 3.8) is 0 Å². The van der Waals surface area contributed by atoms with Crippen LogP contribution in [0.25, 0.3) is 0 Å². The summed E-state index contributed by atoms with van der Waals surface area (Å²) in [6.45, 7) is -0.437. The monoisotopic (exact) mass is 567 g/mol. The van der Waals surface area contributed by atoms with Gasteiger partial charge in [-0.1, -0.05) is 40.2 Å². The van der Waals surface area contributed by atoms with Crippen molar-refractivity contribution in [1.82, 2.24) is 0 Å². The number of halogens is 4. The van der Waals surface area contributed by atoms with Crippen LogP contribution in [0.3, 0.4) is 0 Å². The Kier molecular flexibility index (Phi) is 8.94. The zero-order valence-electron chi connectivity index (χ0n) is 17.8. The lowest BCUT2D eigenvalue weighted by Crippen LogP contribution is -2.17. The van der Waals surface area contributed by atoms with Crippen LogP contribution in [0, 0.1) is 0 Å². The zero-order chi connectivity index (χ0) is 25.4. The fourth-order valence-corrected chi connectivity index (χ4v) is 3.87. The van der Waals surface area contributed by atoms with Gasteiger partial charge in [-0.3, -0.25) is 9.59 Å². The van der Waals surface area contributed by atoms with Crippen molar-refractivity contribution < 1.29 is 37.0 Å². The molecule has 3 aromatic carbocycles. The minimum atomic E-state index is -4.80. The molecule has 0 aliphatic rings. The van der Waals surface area contributed by atoms with Crippen molar-refractivity contribution in [3.05, 3.63) is 88.4 Å². The average molecular weight is 568 g/mol. The van der Waals surface area contributed by atoms with Crippen molar-refractivity contribution in [2.75, 3.05) is 17.7 Å². The highest BCUT2D eigenvalue weighted by molar-refractivity contribution is 9.10. The molecule has 1 amide bonds. The highest BCUT2D eigenvalue weighted by Crippen LogP contribution is 2.26. The number of benzene rings is 3. The number of ketones is 1. The fraction of sp³-hybridized carbons (Fsp3) is 0.125. The van der Waals surface area contributed by atoms with Gasteiger partial charge in [0.15, 0.2) is 12.4 Å². The molecule has 35 heavy (non-hydrogen) atoms. The van der Waals surface area contributed by atoms with Gasteiger partial charge in [0, 0.05) is 20.6 Å². The Morgan fingerprint density at radius 2 is 1.57 bits per heavy atom. The number of carbonyl (C=O) groups is 3. The number of hydrogen-bond donors (Lipinski definition) is 1. The molecule has 0 saturated carbocycles. The van der Waals surface area contributed by atoms with Crippen LogP contribution in [0.2, 0.25) is 0 Å². The number of carbonyl (C=O) groups excluding carboxylic acids is 3. The quantitative estimate of drug-likeness (QED) is 0.190. The smallest absolute Gasteiger partial charge is 0.454 e. The SMILES string of the molecule is O=C(CSc1ccccc1C(=O)OCC(=O)c1ccc(Br)cc1)Nc1ccc(OC(F)(F)F)cc1. The number of thioether (sulfide) groups is 1. The normalized spacial score (nSPS) is 11.0. The first-order valence-electron chi connectivity index (χ1n) is 9.94. The Hall–Kier alpha value is -3.31. The summed E-state index contributed by atoms with van der Waals surface area (Å²) >= 11 is 4.35. The molecule has 3 aromatic rings. The molecule has 182 valence electrons. The molecule has 0 unspecified atom stereocenters. The molecule has 0 radical (unpaired) electrons. The first kappa shape index (κ1) is 26.3. The summed E-state index contributed by atoms with van der Waals surface area (Å²) in [5.41, 5.74) is 0.880. The maximum absolute atomic E-state index is 12.5. The molecule has 0 aliphatic heterocycles. The lowest BCUT2D eigenvalue weighted by molar-refractivity contribution is -0.274. The van der Waals surface area contributed by atoms with Crippen molar-refractivity contribution in [1.29, 1.82) is 0 Å². The number of anilines is 1. The summed E-state index contributed by atoms with van der Waals surface area (Å²) < 4.78 is 46.5. The van der Waals surface area contributed by atoms with Gasteiger partial charge in [-0.05, 0) is 48.5 Å². The lowest BCUT2D eigenvalue weighted by atomic mass is 10.1. The van der Waals surface area contributed by atoms with Crippen LogP contribution in [0.4, 0.5) is 18.9 Å². The van der Waals surface area contributed by atoms with E-state index in [4.69, 9.17) is 4.74 Å². The number of esters is 1. The van der Waals surface area contributed by atoms with Crippen LogP contribution in [0.15, 0.2) is 82.2 Å². The van der Waals surface area contributed by atoms with Crippen LogP contribution < -0.4 is 10.1 Å². The van der Waals surface area contributed by atoms with Gasteiger partial charge in [0.25, 0.3) is 0 Å². The predicted molar refractivity (Wildman–Crippen MR) is 128 cm³/mol. The number of hydrogen-bond acceptors (Lipinski definition) is 6. The van der Waals surface area contributed by atoms with Crippen molar-refractivity contribution in [2.24, 2.45) is 0 Å². The summed E-state index contributed by atoms with van der Waals surface area (Å²) in [4.78, 5) is 37.5. The second kappa shape index (κ2) is 11.9. The van der Waals surface area contributed by atoms with Crippen LogP contribution >= 0.6 is 27.7 Å². The van der Waals surface area contributed by atoms with E-state index in [0.717, 1.165) is 28.4 Å². The second-order valence-corrected chi connectivity index (χ2v) is 8.84. The molecule has 11 heteroatoms. The molecule has 1 N–H and O–H groups in total. The van der Waals surface area contributed by atoms with Crippen LogP contribution in [0.5, 0.6) is 5.75 Å². The molecule has 6 nitrogen and oxygen atoms in total. The summed E-state index contributed by atoms with van der Waals surface area (Å²) in [5, 5.41) is 2.55. The van der Waals surface area contributed by atoms with Gasteiger partial charge in [-0.15, -0.1) is 24.9 Å². The Morgan fingerprint density at radius 3 is 2.23 bits per heavy atom. The molecular formula is C24H17BrF3NO5S. The minimum absolute atomic E-state index is 0.0804. The highest BCUT2D eigenvalue weighted by Gasteiger charge is 2.31. The first-order valence-corrected chi connectivity index (χ1v) is 11.7. The van der Waals surface area contributed by atoms with Gasteiger partial charge in [0.2, 0.25) is 5.91 Å². The Labute approximate surface area is 210 Å². The van der Waals surface area contributed by atoms with E-state index in [1.54, 1.807) is 42.5 Å². The largest absolute Gasteiger partial charge is 0.573 e. The molecule has 0 spiro atoms. The third kappa shape index (κ3) is 8.45. The number of nitrogens with one attached hydrogen (secondary N) is 1. The molecule has 0 atom stereocenters. The maximum atomic E-state index is 12.5. The van der Waals surface area contributed by atoms with E-state index in [0.29, 0.717) is 10.5 Å². The van der Waals surface area contributed by atoms with Gasteiger partial charge in [-0.25, -0.2) is 4.79 Å². The zero-order valence-corrected chi connectivity index (χ0v) is 20.2. The maximum Gasteiger partial charge on any atom is 0.573 e. The third-order valence-electron chi connectivity index (χ3n) is 4.34. The van der Waals surface area contributed by atoms with Crippen LogP contribution in [0.1, 0.15) is 20.7 Å². The Morgan fingerprint density at radius 1 is 0.914 bits per heavy atom. The highest BCUT2D eigenvalue weighted by atomic mass is 79.9. The molecule has 0 bridgehead atoms. The fourth-order valence-electron chi connectivity index (χ4n) is 2.77. The van der Waals surface area contributed by atoms with Gasteiger partial charge in [0.1, 0.15) is 5.75 Å². The molecule has 0 aliphatic carbocycles.